The molecular weight excluding hydrogens is 380 g/mol. The lowest BCUT2D eigenvalue weighted by atomic mass is 9.82. The predicted octanol–water partition coefficient (Wildman–Crippen LogP) is 2.92. The number of amides is 3. The van der Waals surface area contributed by atoms with E-state index in [1.807, 2.05) is 78.9 Å². The molecule has 0 saturated carbocycles. The molecule has 4 rings (SSSR count). The Bertz CT molecular complexity index is 970. The molecule has 6 heteroatoms. The number of β-amino-alcohol motifs (C(OH)–C–C–N with tert-alkyl or cyclic N) is 1. The van der Waals surface area contributed by atoms with Crippen LogP contribution in [0.25, 0.3) is 0 Å². The Morgan fingerprint density at radius 3 is 1.87 bits per heavy atom. The van der Waals surface area contributed by atoms with Crippen LogP contribution in [-0.4, -0.2) is 41.2 Å². The number of aliphatic hydroxyl groups is 1. The van der Waals surface area contributed by atoms with Gasteiger partial charge in [-0.15, -0.1) is 0 Å². The van der Waals surface area contributed by atoms with Crippen LogP contribution in [0.15, 0.2) is 91.0 Å². The first kappa shape index (κ1) is 19.7. The number of nitrogens with zero attached hydrogens (tertiary/aromatic N) is 1. The average molecular weight is 402 g/mol. The molecular formula is C24H22N2O4. The maximum Gasteiger partial charge on any atom is 0.325 e. The van der Waals surface area contributed by atoms with Crippen molar-refractivity contribution in [1.82, 2.24) is 10.2 Å². The number of nitrogens with one attached hydrogen (secondary N) is 1. The maximum atomic E-state index is 13.5. The molecule has 1 fully saturated rings. The third-order valence-corrected chi connectivity index (χ3v) is 5.10. The molecule has 1 heterocycles. The Balaban J connectivity index is 1.58. The third kappa shape index (κ3) is 3.65. The molecule has 0 aromatic heterocycles. The zero-order valence-corrected chi connectivity index (χ0v) is 16.3. The van der Waals surface area contributed by atoms with E-state index in [1.54, 1.807) is 12.1 Å². The van der Waals surface area contributed by atoms with Gasteiger partial charge in [0.05, 0.1) is 6.54 Å². The van der Waals surface area contributed by atoms with Crippen LogP contribution in [0.3, 0.4) is 0 Å². The van der Waals surface area contributed by atoms with Gasteiger partial charge in [0.25, 0.3) is 5.91 Å². The number of hydrogen-bond acceptors (Lipinski definition) is 4. The van der Waals surface area contributed by atoms with Crippen molar-refractivity contribution in [3.8, 4) is 5.75 Å². The summed E-state index contributed by atoms with van der Waals surface area (Å²) in [4.78, 5) is 27.4. The molecule has 152 valence electrons. The average Bonchev–Trinajstić information content (AvgIpc) is 3.05. The first-order valence-corrected chi connectivity index (χ1v) is 9.72. The minimum Gasteiger partial charge on any atom is -0.491 e. The van der Waals surface area contributed by atoms with Gasteiger partial charge < -0.3 is 15.2 Å². The van der Waals surface area contributed by atoms with Crippen molar-refractivity contribution in [3.63, 3.8) is 0 Å². The Labute approximate surface area is 174 Å². The summed E-state index contributed by atoms with van der Waals surface area (Å²) in [6, 6.07) is 26.8. The van der Waals surface area contributed by atoms with Crippen molar-refractivity contribution in [2.45, 2.75) is 11.6 Å². The van der Waals surface area contributed by atoms with Crippen LogP contribution in [0, 0.1) is 0 Å². The second-order valence-electron chi connectivity index (χ2n) is 7.11. The molecule has 3 amide bonds. The minimum absolute atomic E-state index is 0.0370. The van der Waals surface area contributed by atoms with Gasteiger partial charge in [0.15, 0.2) is 5.54 Å². The van der Waals surface area contributed by atoms with Crippen molar-refractivity contribution in [2.75, 3.05) is 13.2 Å². The monoisotopic (exact) mass is 402 g/mol. The van der Waals surface area contributed by atoms with Crippen molar-refractivity contribution >= 4 is 11.9 Å². The van der Waals surface area contributed by atoms with Crippen LogP contribution in [0.5, 0.6) is 5.75 Å². The van der Waals surface area contributed by atoms with Gasteiger partial charge in [0.1, 0.15) is 18.5 Å². The molecule has 1 atom stereocenters. The molecule has 6 nitrogen and oxygen atoms in total. The number of hydrogen-bond donors (Lipinski definition) is 2. The Morgan fingerprint density at radius 1 is 0.833 bits per heavy atom. The molecule has 1 saturated heterocycles. The van der Waals surface area contributed by atoms with Gasteiger partial charge in [-0.05, 0) is 23.3 Å². The number of carbonyl (C=O) groups excluding carboxylic acids is 2. The molecule has 0 aliphatic carbocycles. The fourth-order valence-corrected chi connectivity index (χ4v) is 3.65. The minimum atomic E-state index is -1.33. The Kier molecular flexibility index (Phi) is 5.50. The van der Waals surface area contributed by atoms with Gasteiger partial charge in [-0.3, -0.25) is 9.69 Å². The highest BCUT2D eigenvalue weighted by atomic mass is 16.5. The molecule has 30 heavy (non-hydrogen) atoms. The summed E-state index contributed by atoms with van der Waals surface area (Å²) in [6.07, 6.45) is -1.03. The fourth-order valence-electron chi connectivity index (χ4n) is 3.65. The summed E-state index contributed by atoms with van der Waals surface area (Å²) >= 11 is 0. The molecule has 3 aromatic rings. The second kappa shape index (κ2) is 8.39. The van der Waals surface area contributed by atoms with E-state index < -0.39 is 23.6 Å². The van der Waals surface area contributed by atoms with Gasteiger partial charge in [0, 0.05) is 0 Å². The zero-order chi connectivity index (χ0) is 21.0. The summed E-state index contributed by atoms with van der Waals surface area (Å²) in [7, 11) is 0. The van der Waals surface area contributed by atoms with E-state index >= 15 is 0 Å². The fraction of sp³-hybridized carbons (Fsp3) is 0.167. The first-order valence-electron chi connectivity index (χ1n) is 9.72. The number of urea groups is 1. The van der Waals surface area contributed by atoms with Crippen molar-refractivity contribution in [1.29, 1.82) is 0 Å². The molecule has 1 aliphatic heterocycles. The first-order chi connectivity index (χ1) is 14.6. The number of benzene rings is 3. The highest BCUT2D eigenvalue weighted by Gasteiger charge is 2.53. The largest absolute Gasteiger partial charge is 0.491 e. The maximum absolute atomic E-state index is 13.5. The molecule has 1 aliphatic rings. The van der Waals surface area contributed by atoms with E-state index in [2.05, 4.69) is 5.32 Å². The Morgan fingerprint density at radius 2 is 1.33 bits per heavy atom. The summed E-state index contributed by atoms with van der Waals surface area (Å²) in [5, 5.41) is 13.3. The number of rotatable bonds is 7. The normalized spacial score (nSPS) is 16.2. The highest BCUT2D eigenvalue weighted by molar-refractivity contribution is 6.09. The van der Waals surface area contributed by atoms with Gasteiger partial charge in [-0.1, -0.05) is 78.9 Å². The van der Waals surface area contributed by atoms with Crippen molar-refractivity contribution in [2.24, 2.45) is 0 Å². The molecule has 0 spiro atoms. The van der Waals surface area contributed by atoms with Crippen LogP contribution >= 0.6 is 0 Å². The molecule has 0 bridgehead atoms. The lowest BCUT2D eigenvalue weighted by Gasteiger charge is -2.28. The summed E-state index contributed by atoms with van der Waals surface area (Å²) in [5.74, 6) is 0.181. The molecule has 1 unspecified atom stereocenters. The number of aliphatic hydroxyl groups excluding tert-OH is 1. The molecule has 0 radical (unpaired) electrons. The second-order valence-corrected chi connectivity index (χ2v) is 7.11. The lowest BCUT2D eigenvalue weighted by molar-refractivity contribution is -0.131. The Hall–Kier alpha value is -3.64. The van der Waals surface area contributed by atoms with Crippen LogP contribution in [0.4, 0.5) is 4.79 Å². The van der Waals surface area contributed by atoms with Crippen molar-refractivity contribution in [3.05, 3.63) is 102 Å². The summed E-state index contributed by atoms with van der Waals surface area (Å²) in [6.45, 7) is -0.205. The predicted molar refractivity (Wildman–Crippen MR) is 112 cm³/mol. The van der Waals surface area contributed by atoms with Crippen LogP contribution in [0.2, 0.25) is 0 Å². The van der Waals surface area contributed by atoms with E-state index in [0.29, 0.717) is 16.9 Å². The van der Waals surface area contributed by atoms with E-state index in [-0.39, 0.29) is 13.2 Å². The van der Waals surface area contributed by atoms with E-state index in [1.165, 1.54) is 0 Å². The zero-order valence-electron chi connectivity index (χ0n) is 16.3. The topological polar surface area (TPSA) is 78.9 Å². The summed E-state index contributed by atoms with van der Waals surface area (Å²) in [5.41, 5.74) is -0.0151. The van der Waals surface area contributed by atoms with Gasteiger partial charge in [-0.2, -0.15) is 0 Å². The van der Waals surface area contributed by atoms with Gasteiger partial charge >= 0.3 is 6.03 Å². The van der Waals surface area contributed by atoms with Gasteiger partial charge in [0.2, 0.25) is 0 Å². The standard InChI is InChI=1S/C24H22N2O4/c27-20(17-30-21-14-8-3-9-15-21)16-26-22(28)24(25-23(26)29,18-10-4-1-5-11-18)19-12-6-2-7-13-19/h1-15,20,27H,16-17H2,(H,25,29). The number of ether oxygens (including phenoxy) is 1. The van der Waals surface area contributed by atoms with Crippen molar-refractivity contribution < 1.29 is 19.4 Å². The van der Waals surface area contributed by atoms with Crippen LogP contribution in [0.1, 0.15) is 11.1 Å². The van der Waals surface area contributed by atoms with Crippen LogP contribution < -0.4 is 10.1 Å². The lowest BCUT2D eigenvalue weighted by Crippen LogP contribution is -2.46. The number of para-hydroxylation sites is 1. The van der Waals surface area contributed by atoms with E-state index in [4.69, 9.17) is 4.74 Å². The van der Waals surface area contributed by atoms with Gasteiger partial charge in [-0.25, -0.2) is 4.79 Å². The molecule has 2 N–H and O–H groups in total. The number of carbonyl (C=O) groups is 2. The third-order valence-electron chi connectivity index (χ3n) is 5.10. The highest BCUT2D eigenvalue weighted by Crippen LogP contribution is 2.36. The smallest absolute Gasteiger partial charge is 0.325 e. The van der Waals surface area contributed by atoms with E-state index in [9.17, 15) is 14.7 Å². The number of imide groups is 1. The van der Waals surface area contributed by atoms with E-state index in [0.717, 1.165) is 4.90 Å². The SMILES string of the molecule is O=C1NC(c2ccccc2)(c2ccccc2)C(=O)N1CC(O)COc1ccccc1. The quantitative estimate of drug-likeness (QED) is 0.596. The summed E-state index contributed by atoms with van der Waals surface area (Å²) < 4.78 is 5.55. The molecule has 3 aromatic carbocycles. The van der Waals surface area contributed by atoms with Crippen LogP contribution in [-0.2, 0) is 10.3 Å².